The van der Waals surface area contributed by atoms with Crippen molar-refractivity contribution in [2.75, 3.05) is 13.7 Å². The first-order valence-electron chi connectivity index (χ1n) is 6.64. The molecule has 0 spiro atoms. The number of benzene rings is 1. The van der Waals surface area contributed by atoms with Crippen LogP contribution in [0.25, 0.3) is 0 Å². The third kappa shape index (κ3) is 3.79. The van der Waals surface area contributed by atoms with E-state index in [2.05, 4.69) is 10.3 Å². The third-order valence-electron chi connectivity index (χ3n) is 3.06. The third-order valence-corrected chi connectivity index (χ3v) is 3.06. The lowest BCUT2D eigenvalue weighted by atomic mass is 10.1. The molecular formula is C14H20N4O2. The summed E-state index contributed by atoms with van der Waals surface area (Å²) in [5.41, 5.74) is 7.15. The number of methoxy groups -OCH3 is 1. The van der Waals surface area contributed by atoms with Crippen molar-refractivity contribution in [3.63, 3.8) is 0 Å². The number of ether oxygens (including phenoxy) is 1. The molecule has 1 aromatic carbocycles. The lowest BCUT2D eigenvalue weighted by Crippen LogP contribution is -2.09. The Bertz CT molecular complexity index is 541. The molecule has 0 radical (unpaired) electrons. The second-order valence-corrected chi connectivity index (χ2v) is 4.62. The van der Waals surface area contributed by atoms with Crippen molar-refractivity contribution in [1.29, 1.82) is 0 Å². The topological polar surface area (TPSA) is 86.2 Å². The van der Waals surface area contributed by atoms with E-state index in [9.17, 15) is 5.11 Å². The van der Waals surface area contributed by atoms with Crippen LogP contribution < -0.4 is 10.5 Å². The van der Waals surface area contributed by atoms with Gasteiger partial charge in [-0.05, 0) is 37.1 Å². The summed E-state index contributed by atoms with van der Waals surface area (Å²) in [5.74, 6) is 0.726. The number of hydrogen-bond donors (Lipinski definition) is 2. The average Bonchev–Trinajstić information content (AvgIpc) is 2.92. The maximum atomic E-state index is 10.2. The highest BCUT2D eigenvalue weighted by Crippen LogP contribution is 2.20. The van der Waals surface area contributed by atoms with Gasteiger partial charge < -0.3 is 15.6 Å². The highest BCUT2D eigenvalue weighted by molar-refractivity contribution is 5.29. The summed E-state index contributed by atoms with van der Waals surface area (Å²) in [5, 5.41) is 18.3. The van der Waals surface area contributed by atoms with Crippen LogP contribution >= 0.6 is 0 Å². The van der Waals surface area contributed by atoms with Gasteiger partial charge in [0.05, 0.1) is 25.5 Å². The normalized spacial score (nSPS) is 12.3. The van der Waals surface area contributed by atoms with E-state index in [-0.39, 0.29) is 0 Å². The van der Waals surface area contributed by atoms with Crippen LogP contribution in [-0.2, 0) is 13.0 Å². The molecule has 0 aliphatic rings. The van der Waals surface area contributed by atoms with E-state index in [0.717, 1.165) is 29.8 Å². The number of nitrogens with zero attached hydrogens (tertiary/aromatic N) is 3. The Hall–Kier alpha value is -1.92. The second kappa shape index (κ2) is 7.02. The van der Waals surface area contributed by atoms with Gasteiger partial charge in [0.15, 0.2) is 0 Å². The zero-order valence-corrected chi connectivity index (χ0v) is 11.6. The predicted molar refractivity (Wildman–Crippen MR) is 75.4 cm³/mol. The maximum absolute atomic E-state index is 10.2. The van der Waals surface area contributed by atoms with Crippen LogP contribution in [0.1, 0.15) is 23.8 Å². The summed E-state index contributed by atoms with van der Waals surface area (Å²) in [6.07, 6.45) is 2.90. The fourth-order valence-electron chi connectivity index (χ4n) is 1.96. The Balaban J connectivity index is 1.99. The van der Waals surface area contributed by atoms with Gasteiger partial charge in [-0.3, -0.25) is 0 Å². The number of aliphatic hydroxyl groups excluding tert-OH is 1. The van der Waals surface area contributed by atoms with Crippen molar-refractivity contribution in [3.8, 4) is 5.75 Å². The molecule has 6 nitrogen and oxygen atoms in total. The zero-order valence-electron chi connectivity index (χ0n) is 11.6. The van der Waals surface area contributed by atoms with Crippen LogP contribution in [0, 0.1) is 0 Å². The molecule has 2 aromatic rings. The van der Waals surface area contributed by atoms with Crippen LogP contribution in [0.3, 0.4) is 0 Å². The number of nitrogens with two attached hydrogens (primary N) is 1. The van der Waals surface area contributed by atoms with Gasteiger partial charge in [-0.1, -0.05) is 17.3 Å². The molecule has 20 heavy (non-hydrogen) atoms. The molecule has 3 N–H and O–H groups in total. The first-order valence-corrected chi connectivity index (χ1v) is 6.64. The Morgan fingerprint density at radius 3 is 3.05 bits per heavy atom. The lowest BCUT2D eigenvalue weighted by Gasteiger charge is -2.11. The van der Waals surface area contributed by atoms with Gasteiger partial charge in [-0.25, -0.2) is 4.68 Å². The Kier molecular flexibility index (Phi) is 5.09. The summed E-state index contributed by atoms with van der Waals surface area (Å²) in [6, 6.07) is 7.37. The van der Waals surface area contributed by atoms with Crippen molar-refractivity contribution >= 4 is 0 Å². The SMILES string of the molecule is COc1cccc(C(O)Cn2cc(CCCN)nn2)c1. The first-order chi connectivity index (χ1) is 9.72. The average molecular weight is 276 g/mol. The minimum atomic E-state index is -0.644. The van der Waals surface area contributed by atoms with E-state index < -0.39 is 6.10 Å². The highest BCUT2D eigenvalue weighted by atomic mass is 16.5. The van der Waals surface area contributed by atoms with Gasteiger partial charge in [-0.15, -0.1) is 5.10 Å². The molecule has 1 heterocycles. The molecule has 6 heteroatoms. The summed E-state index contributed by atoms with van der Waals surface area (Å²) in [7, 11) is 1.60. The highest BCUT2D eigenvalue weighted by Gasteiger charge is 2.11. The molecular weight excluding hydrogens is 256 g/mol. The zero-order chi connectivity index (χ0) is 14.4. The first kappa shape index (κ1) is 14.5. The van der Waals surface area contributed by atoms with Crippen molar-refractivity contribution in [3.05, 3.63) is 41.7 Å². The molecule has 0 aliphatic heterocycles. The van der Waals surface area contributed by atoms with Crippen LogP contribution in [0.2, 0.25) is 0 Å². The lowest BCUT2D eigenvalue weighted by molar-refractivity contribution is 0.150. The van der Waals surface area contributed by atoms with Crippen LogP contribution in [0.5, 0.6) is 5.75 Å². The summed E-state index contributed by atoms with van der Waals surface area (Å²) < 4.78 is 6.79. The number of aromatic nitrogens is 3. The van der Waals surface area contributed by atoms with Crippen LogP contribution in [-0.4, -0.2) is 33.8 Å². The van der Waals surface area contributed by atoms with E-state index in [1.165, 1.54) is 0 Å². The van der Waals surface area contributed by atoms with Crippen molar-refractivity contribution < 1.29 is 9.84 Å². The summed E-state index contributed by atoms with van der Waals surface area (Å²) in [4.78, 5) is 0. The van der Waals surface area contributed by atoms with Gasteiger partial charge >= 0.3 is 0 Å². The molecule has 0 amide bonds. The molecule has 1 unspecified atom stereocenters. The number of rotatable bonds is 7. The van der Waals surface area contributed by atoms with E-state index in [1.807, 2.05) is 30.5 Å². The van der Waals surface area contributed by atoms with E-state index in [1.54, 1.807) is 11.8 Å². The largest absolute Gasteiger partial charge is 0.497 e. The predicted octanol–water partition coefficient (Wildman–Crippen LogP) is 0.912. The molecule has 0 fully saturated rings. The Morgan fingerprint density at radius 2 is 2.30 bits per heavy atom. The standard InChI is InChI=1S/C14H20N4O2/c1-20-13-6-2-4-11(8-13)14(19)10-18-9-12(16-17-18)5-3-7-15/h2,4,6,8-9,14,19H,3,5,7,10,15H2,1H3. The van der Waals surface area contributed by atoms with E-state index in [4.69, 9.17) is 10.5 Å². The summed E-state index contributed by atoms with van der Waals surface area (Å²) >= 11 is 0. The van der Waals surface area contributed by atoms with Gasteiger partial charge in [0.1, 0.15) is 5.75 Å². The van der Waals surface area contributed by atoms with Crippen LogP contribution in [0.15, 0.2) is 30.5 Å². The fourth-order valence-corrected chi connectivity index (χ4v) is 1.96. The van der Waals surface area contributed by atoms with Gasteiger partial charge in [0.2, 0.25) is 0 Å². The van der Waals surface area contributed by atoms with Crippen molar-refractivity contribution in [2.45, 2.75) is 25.5 Å². The molecule has 1 aromatic heterocycles. The summed E-state index contributed by atoms with van der Waals surface area (Å²) in [6.45, 7) is 1.00. The van der Waals surface area contributed by atoms with Gasteiger partial charge in [0.25, 0.3) is 0 Å². The molecule has 108 valence electrons. The molecule has 0 bridgehead atoms. The van der Waals surface area contributed by atoms with Gasteiger partial charge in [0, 0.05) is 6.20 Å². The molecule has 0 saturated carbocycles. The molecule has 1 atom stereocenters. The van der Waals surface area contributed by atoms with E-state index >= 15 is 0 Å². The minimum absolute atomic E-state index is 0.364. The molecule has 2 rings (SSSR count). The molecule has 0 aliphatic carbocycles. The van der Waals surface area contributed by atoms with Crippen molar-refractivity contribution in [1.82, 2.24) is 15.0 Å². The Labute approximate surface area is 118 Å². The maximum Gasteiger partial charge on any atom is 0.119 e. The Morgan fingerprint density at radius 1 is 1.45 bits per heavy atom. The molecule has 0 saturated heterocycles. The number of hydrogen-bond acceptors (Lipinski definition) is 5. The van der Waals surface area contributed by atoms with Gasteiger partial charge in [-0.2, -0.15) is 0 Å². The number of aliphatic hydroxyl groups is 1. The number of aryl methyl sites for hydroxylation is 1. The van der Waals surface area contributed by atoms with Crippen LogP contribution in [0.4, 0.5) is 0 Å². The quantitative estimate of drug-likeness (QED) is 0.785. The van der Waals surface area contributed by atoms with Crippen molar-refractivity contribution in [2.24, 2.45) is 5.73 Å². The minimum Gasteiger partial charge on any atom is -0.497 e. The van der Waals surface area contributed by atoms with E-state index in [0.29, 0.717) is 13.1 Å². The fraction of sp³-hybridized carbons (Fsp3) is 0.429. The monoisotopic (exact) mass is 276 g/mol. The smallest absolute Gasteiger partial charge is 0.119 e. The second-order valence-electron chi connectivity index (χ2n) is 4.62.